The van der Waals surface area contributed by atoms with Crippen LogP contribution in [0.2, 0.25) is 5.02 Å². The number of carboxylic acids is 1. The molecule has 2 nitrogen and oxygen atoms in total. The molecular weight excluding hydrogens is 272 g/mol. The highest BCUT2D eigenvalue weighted by atomic mass is 35.5. The lowest BCUT2D eigenvalue weighted by Crippen LogP contribution is -2.70. The molecule has 20 heavy (non-hydrogen) atoms. The lowest BCUT2D eigenvalue weighted by atomic mass is 9.30. The molecule has 0 aromatic heterocycles. The molecule has 0 saturated heterocycles. The van der Waals surface area contributed by atoms with Crippen LogP contribution >= 0.6 is 11.6 Å². The van der Waals surface area contributed by atoms with Crippen molar-refractivity contribution in [1.82, 2.24) is 0 Å². The first-order valence-electron chi connectivity index (χ1n) is 7.57. The van der Waals surface area contributed by atoms with Gasteiger partial charge in [0.05, 0.1) is 6.42 Å². The summed E-state index contributed by atoms with van der Waals surface area (Å²) in [5.74, 6) is 0.498. The van der Waals surface area contributed by atoms with Crippen LogP contribution in [0.1, 0.15) is 44.1 Å². The van der Waals surface area contributed by atoms with E-state index in [1.807, 2.05) is 12.1 Å². The van der Waals surface area contributed by atoms with E-state index in [9.17, 15) is 9.90 Å². The average molecular weight is 291 g/mol. The van der Waals surface area contributed by atoms with Crippen molar-refractivity contribution in [2.24, 2.45) is 17.3 Å². The summed E-state index contributed by atoms with van der Waals surface area (Å²) in [7, 11) is 0. The summed E-state index contributed by atoms with van der Waals surface area (Å²) < 4.78 is 0. The van der Waals surface area contributed by atoms with Gasteiger partial charge >= 0.3 is 5.97 Å². The number of benzene rings is 1. The molecule has 0 heterocycles. The Kier molecular flexibility index (Phi) is 2.54. The smallest absolute Gasteiger partial charge is 0.304 e. The summed E-state index contributed by atoms with van der Waals surface area (Å²) in [6.45, 7) is 0. The van der Waals surface area contributed by atoms with Gasteiger partial charge in [0.25, 0.3) is 0 Å². The number of halogens is 1. The second-order valence-electron chi connectivity index (χ2n) is 6.89. The van der Waals surface area contributed by atoms with Crippen LogP contribution < -0.4 is 0 Å². The van der Waals surface area contributed by atoms with Crippen molar-refractivity contribution in [3.05, 3.63) is 34.9 Å². The topological polar surface area (TPSA) is 37.3 Å². The maximum atomic E-state index is 11.5. The summed E-state index contributed by atoms with van der Waals surface area (Å²) in [6.07, 6.45) is 6.59. The van der Waals surface area contributed by atoms with E-state index in [0.29, 0.717) is 17.3 Å². The molecule has 106 valence electrons. The Balaban J connectivity index is 1.80. The highest BCUT2D eigenvalue weighted by Crippen LogP contribution is 2.80. The van der Waals surface area contributed by atoms with Gasteiger partial charge in [-0.25, -0.2) is 0 Å². The molecule has 4 rings (SSSR count). The van der Waals surface area contributed by atoms with E-state index < -0.39 is 5.97 Å². The van der Waals surface area contributed by atoms with Crippen LogP contribution in [0.25, 0.3) is 0 Å². The Morgan fingerprint density at radius 3 is 2.50 bits per heavy atom. The molecule has 0 aliphatic heterocycles. The largest absolute Gasteiger partial charge is 0.481 e. The monoisotopic (exact) mass is 290 g/mol. The Bertz CT molecular complexity index is 567. The van der Waals surface area contributed by atoms with Crippen LogP contribution in [-0.4, -0.2) is 11.1 Å². The van der Waals surface area contributed by atoms with Gasteiger partial charge in [-0.3, -0.25) is 4.79 Å². The minimum absolute atomic E-state index is 0.120. The van der Waals surface area contributed by atoms with Crippen LogP contribution in [0.3, 0.4) is 0 Å². The minimum Gasteiger partial charge on any atom is -0.481 e. The molecule has 1 aromatic carbocycles. The van der Waals surface area contributed by atoms with Crippen molar-refractivity contribution in [2.75, 3.05) is 0 Å². The molecule has 0 amide bonds. The summed E-state index contributed by atoms with van der Waals surface area (Å²) >= 11 is 6.00. The van der Waals surface area contributed by atoms with Gasteiger partial charge in [0, 0.05) is 10.4 Å². The van der Waals surface area contributed by atoms with Crippen LogP contribution in [0.4, 0.5) is 0 Å². The molecule has 0 bridgehead atoms. The zero-order chi connectivity index (χ0) is 14.0. The Labute approximate surface area is 124 Å². The highest BCUT2D eigenvalue weighted by Gasteiger charge is 2.75. The zero-order valence-electron chi connectivity index (χ0n) is 11.4. The summed E-state index contributed by atoms with van der Waals surface area (Å²) in [5.41, 5.74) is 1.58. The second-order valence-corrected chi connectivity index (χ2v) is 7.32. The Morgan fingerprint density at radius 2 is 1.90 bits per heavy atom. The molecule has 4 unspecified atom stereocenters. The fourth-order valence-electron chi connectivity index (χ4n) is 5.92. The molecule has 3 fully saturated rings. The van der Waals surface area contributed by atoms with E-state index in [2.05, 4.69) is 12.1 Å². The molecule has 3 saturated carbocycles. The molecule has 4 atom stereocenters. The molecule has 3 heteroatoms. The third-order valence-corrected chi connectivity index (χ3v) is 6.74. The molecule has 1 N–H and O–H groups in total. The minimum atomic E-state index is -0.660. The molecule has 1 aromatic rings. The van der Waals surface area contributed by atoms with Crippen LogP contribution in [0.15, 0.2) is 24.3 Å². The van der Waals surface area contributed by atoms with Crippen molar-refractivity contribution >= 4 is 17.6 Å². The van der Waals surface area contributed by atoms with Gasteiger partial charge in [0.15, 0.2) is 0 Å². The Hall–Kier alpha value is -1.02. The third kappa shape index (κ3) is 1.34. The number of rotatable bonds is 3. The third-order valence-electron chi connectivity index (χ3n) is 6.49. The standard InChI is InChI=1S/C17H19ClO2/c18-12-5-3-11(4-6-12)17(10-15(19)20)13-2-1-8-16(13)9-7-14(16)17/h3-6,13-14H,1-2,7-10H2,(H,19,20). The van der Waals surface area contributed by atoms with Crippen LogP contribution in [0.5, 0.6) is 0 Å². The average Bonchev–Trinajstić information content (AvgIpc) is 2.82. The Morgan fingerprint density at radius 1 is 1.20 bits per heavy atom. The van der Waals surface area contributed by atoms with Gasteiger partial charge in [-0.1, -0.05) is 30.2 Å². The summed E-state index contributed by atoms with van der Waals surface area (Å²) in [6, 6.07) is 7.94. The number of carboxylic acid groups (broad SMARTS) is 1. The van der Waals surface area contributed by atoms with Crippen molar-refractivity contribution in [3.63, 3.8) is 0 Å². The second kappa shape index (κ2) is 4.00. The van der Waals surface area contributed by atoms with Gasteiger partial charge in [-0.2, -0.15) is 0 Å². The highest BCUT2D eigenvalue weighted by molar-refractivity contribution is 6.30. The van der Waals surface area contributed by atoms with Crippen molar-refractivity contribution in [3.8, 4) is 0 Å². The quantitative estimate of drug-likeness (QED) is 0.903. The summed E-state index contributed by atoms with van der Waals surface area (Å²) in [5, 5.41) is 10.2. The maximum absolute atomic E-state index is 11.5. The molecule has 3 aliphatic rings. The normalized spacial score (nSPS) is 41.2. The molecule has 0 radical (unpaired) electrons. The van der Waals surface area contributed by atoms with E-state index in [4.69, 9.17) is 11.6 Å². The van der Waals surface area contributed by atoms with E-state index in [1.54, 1.807) is 0 Å². The number of hydrogen-bond donors (Lipinski definition) is 1. The van der Waals surface area contributed by atoms with Crippen molar-refractivity contribution in [1.29, 1.82) is 0 Å². The van der Waals surface area contributed by atoms with Gasteiger partial charge in [0.2, 0.25) is 0 Å². The van der Waals surface area contributed by atoms with E-state index in [0.717, 1.165) is 5.02 Å². The predicted molar refractivity (Wildman–Crippen MR) is 77.9 cm³/mol. The lowest BCUT2D eigenvalue weighted by Gasteiger charge is -2.73. The summed E-state index contributed by atoms with van der Waals surface area (Å²) in [4.78, 5) is 11.5. The first-order valence-corrected chi connectivity index (χ1v) is 7.95. The van der Waals surface area contributed by atoms with E-state index >= 15 is 0 Å². The predicted octanol–water partition coefficient (Wildman–Crippen LogP) is 4.26. The fraction of sp³-hybridized carbons (Fsp3) is 0.588. The van der Waals surface area contributed by atoms with Gasteiger partial charge in [0.1, 0.15) is 0 Å². The van der Waals surface area contributed by atoms with Gasteiger partial charge in [-0.15, -0.1) is 0 Å². The maximum Gasteiger partial charge on any atom is 0.304 e. The SMILES string of the molecule is O=C(O)CC1(c2ccc(Cl)cc2)C2CCCC23CCC31. The fourth-order valence-corrected chi connectivity index (χ4v) is 6.05. The number of aliphatic carboxylic acids is 1. The van der Waals surface area contributed by atoms with Gasteiger partial charge < -0.3 is 5.11 Å². The van der Waals surface area contributed by atoms with Crippen molar-refractivity contribution < 1.29 is 9.90 Å². The number of carbonyl (C=O) groups is 1. The number of hydrogen-bond acceptors (Lipinski definition) is 1. The van der Waals surface area contributed by atoms with Crippen molar-refractivity contribution in [2.45, 2.75) is 43.9 Å². The lowest BCUT2D eigenvalue weighted by molar-refractivity contribution is -0.211. The zero-order valence-corrected chi connectivity index (χ0v) is 12.2. The first kappa shape index (κ1) is 12.7. The van der Waals surface area contributed by atoms with Gasteiger partial charge in [-0.05, 0) is 60.6 Å². The van der Waals surface area contributed by atoms with Crippen LogP contribution in [0, 0.1) is 17.3 Å². The molecule has 3 aliphatic carbocycles. The van der Waals surface area contributed by atoms with E-state index in [1.165, 1.54) is 37.7 Å². The van der Waals surface area contributed by atoms with E-state index in [-0.39, 0.29) is 11.8 Å². The first-order chi connectivity index (χ1) is 9.59. The molecular formula is C17H19ClO2. The molecule has 1 spiro atoms. The van der Waals surface area contributed by atoms with Crippen LogP contribution in [-0.2, 0) is 10.2 Å².